The molecule has 2 atom stereocenters. The predicted molar refractivity (Wildman–Crippen MR) is 122 cm³/mol. The summed E-state index contributed by atoms with van der Waals surface area (Å²) in [6, 6.07) is 10.8. The van der Waals surface area contributed by atoms with E-state index in [0.29, 0.717) is 6.42 Å². The minimum Gasteiger partial charge on any atom is -0.481 e. The van der Waals surface area contributed by atoms with E-state index < -0.39 is 35.8 Å². The molecule has 0 aromatic heterocycles. The quantitative estimate of drug-likeness (QED) is 0.642. The lowest BCUT2D eigenvalue weighted by atomic mass is 10.0. The first kappa shape index (κ1) is 23.7. The highest BCUT2D eigenvalue weighted by Crippen LogP contribution is 2.35. The lowest BCUT2D eigenvalue weighted by Crippen LogP contribution is -2.66. The van der Waals surface area contributed by atoms with Gasteiger partial charge in [0.1, 0.15) is 11.9 Å². The van der Waals surface area contributed by atoms with Crippen molar-refractivity contribution in [1.29, 1.82) is 0 Å². The van der Waals surface area contributed by atoms with Crippen molar-refractivity contribution in [2.75, 3.05) is 11.4 Å². The lowest BCUT2D eigenvalue weighted by molar-refractivity contribution is -0.140. The minimum atomic E-state index is -1.00. The van der Waals surface area contributed by atoms with Crippen LogP contribution in [0.4, 0.5) is 14.9 Å². The van der Waals surface area contributed by atoms with Crippen LogP contribution in [0.3, 0.4) is 0 Å². The number of amides is 4. The van der Waals surface area contributed by atoms with Gasteiger partial charge < -0.3 is 14.9 Å². The van der Waals surface area contributed by atoms with Crippen LogP contribution < -0.4 is 4.90 Å². The van der Waals surface area contributed by atoms with Gasteiger partial charge in [-0.3, -0.25) is 14.4 Å². The van der Waals surface area contributed by atoms with E-state index in [1.165, 1.54) is 17.0 Å². The van der Waals surface area contributed by atoms with E-state index >= 15 is 0 Å². The molecule has 0 spiro atoms. The maximum atomic E-state index is 13.8. The zero-order chi connectivity index (χ0) is 24.4. The second kappa shape index (κ2) is 9.80. The molecular weight excluding hydrogens is 465 g/mol. The van der Waals surface area contributed by atoms with Gasteiger partial charge >= 0.3 is 12.0 Å². The number of fused-ring (bicyclic) bond motifs is 1. The molecule has 2 heterocycles. The lowest BCUT2D eigenvalue weighted by Gasteiger charge is -2.43. The van der Waals surface area contributed by atoms with Gasteiger partial charge in [-0.25, -0.2) is 14.1 Å². The van der Waals surface area contributed by atoms with Gasteiger partial charge in [0, 0.05) is 25.9 Å². The summed E-state index contributed by atoms with van der Waals surface area (Å²) in [5, 5.41) is 8.63. The Morgan fingerprint density at radius 2 is 1.82 bits per heavy atom. The van der Waals surface area contributed by atoms with Crippen molar-refractivity contribution in [3.8, 4) is 0 Å². The third-order valence-electron chi connectivity index (χ3n) is 6.14. The molecule has 1 N–H and O–H groups in total. The Morgan fingerprint density at radius 3 is 2.50 bits per heavy atom. The average Bonchev–Trinajstić information content (AvgIpc) is 3.25. The summed E-state index contributed by atoms with van der Waals surface area (Å²) < 4.78 is 13.8. The highest BCUT2D eigenvalue weighted by molar-refractivity contribution is 6.31. The van der Waals surface area contributed by atoms with Crippen molar-refractivity contribution in [2.24, 2.45) is 0 Å². The van der Waals surface area contributed by atoms with Crippen LogP contribution in [0.2, 0.25) is 5.02 Å². The number of carbonyl (C=O) groups is 4. The fraction of sp³-hybridized carbons (Fsp3) is 0.333. The fourth-order valence-electron chi connectivity index (χ4n) is 4.54. The van der Waals surface area contributed by atoms with Gasteiger partial charge in [0.05, 0.1) is 16.8 Å². The van der Waals surface area contributed by atoms with Crippen LogP contribution >= 0.6 is 11.6 Å². The molecule has 2 aromatic carbocycles. The molecule has 0 aliphatic carbocycles. The first-order chi connectivity index (χ1) is 16.3. The Balaban J connectivity index is 1.67. The average molecular weight is 488 g/mol. The van der Waals surface area contributed by atoms with Crippen molar-refractivity contribution in [3.63, 3.8) is 0 Å². The topological polar surface area (TPSA) is 98.2 Å². The SMILES string of the molecule is O=C(O)CCCC(=O)N1CC[C@@H]2[C@H]1C(=O)N(c1ccc(F)c(Cl)c1)C(=O)N2Cc1ccccc1. The molecule has 0 saturated carbocycles. The zero-order valence-corrected chi connectivity index (χ0v) is 18.9. The third kappa shape index (κ3) is 4.61. The van der Waals surface area contributed by atoms with Gasteiger partial charge in [-0.05, 0) is 36.6 Å². The van der Waals surface area contributed by atoms with Crippen molar-refractivity contribution in [2.45, 2.75) is 44.3 Å². The summed E-state index contributed by atoms with van der Waals surface area (Å²) in [6.07, 6.45) is 0.399. The molecule has 178 valence electrons. The van der Waals surface area contributed by atoms with E-state index in [-0.39, 0.29) is 49.0 Å². The van der Waals surface area contributed by atoms with Gasteiger partial charge in [0.2, 0.25) is 5.91 Å². The van der Waals surface area contributed by atoms with Crippen LogP contribution in [0.5, 0.6) is 0 Å². The van der Waals surface area contributed by atoms with E-state index in [4.69, 9.17) is 16.7 Å². The highest BCUT2D eigenvalue weighted by atomic mass is 35.5. The number of imide groups is 1. The Kier molecular flexibility index (Phi) is 6.83. The number of likely N-dealkylation sites (tertiary alicyclic amines) is 1. The molecule has 4 amide bonds. The fourth-order valence-corrected chi connectivity index (χ4v) is 4.71. The van der Waals surface area contributed by atoms with Crippen molar-refractivity contribution >= 4 is 41.1 Å². The minimum absolute atomic E-state index is 0.0161. The number of rotatable bonds is 7. The number of urea groups is 1. The number of hydrogen-bond acceptors (Lipinski definition) is 4. The summed E-state index contributed by atoms with van der Waals surface area (Å²) in [6.45, 7) is 0.490. The number of benzene rings is 2. The van der Waals surface area contributed by atoms with Gasteiger partial charge in [-0.2, -0.15) is 0 Å². The summed E-state index contributed by atoms with van der Waals surface area (Å²) in [5.41, 5.74) is 0.968. The molecule has 10 heteroatoms. The van der Waals surface area contributed by atoms with E-state index in [2.05, 4.69) is 0 Å². The van der Waals surface area contributed by atoms with Crippen molar-refractivity contribution < 1.29 is 28.7 Å². The van der Waals surface area contributed by atoms with Crippen LogP contribution in [0.15, 0.2) is 48.5 Å². The number of aliphatic carboxylic acids is 1. The monoisotopic (exact) mass is 487 g/mol. The Hall–Kier alpha value is -3.46. The second-order valence-corrected chi connectivity index (χ2v) is 8.71. The van der Waals surface area contributed by atoms with Crippen LogP contribution in [-0.2, 0) is 20.9 Å². The van der Waals surface area contributed by atoms with Crippen molar-refractivity contribution in [1.82, 2.24) is 9.80 Å². The number of anilines is 1. The molecule has 2 saturated heterocycles. The van der Waals surface area contributed by atoms with E-state index in [1.807, 2.05) is 30.3 Å². The molecule has 34 heavy (non-hydrogen) atoms. The smallest absolute Gasteiger partial charge is 0.332 e. The van der Waals surface area contributed by atoms with E-state index in [9.17, 15) is 23.6 Å². The Bertz CT molecular complexity index is 1130. The van der Waals surface area contributed by atoms with E-state index in [1.54, 1.807) is 4.90 Å². The number of carboxylic acids is 1. The Labute approximate surface area is 200 Å². The number of carbonyl (C=O) groups excluding carboxylic acids is 3. The molecule has 2 fully saturated rings. The van der Waals surface area contributed by atoms with Crippen LogP contribution in [0, 0.1) is 5.82 Å². The number of carboxylic acid groups (broad SMARTS) is 1. The summed E-state index contributed by atoms with van der Waals surface area (Å²) in [5.74, 6) is -2.61. The summed E-state index contributed by atoms with van der Waals surface area (Å²) in [7, 11) is 0. The maximum Gasteiger partial charge on any atom is 0.332 e. The largest absolute Gasteiger partial charge is 0.481 e. The third-order valence-corrected chi connectivity index (χ3v) is 6.43. The van der Waals surface area contributed by atoms with E-state index in [0.717, 1.165) is 16.5 Å². The first-order valence-electron chi connectivity index (χ1n) is 10.9. The number of halogens is 2. The molecule has 0 unspecified atom stereocenters. The zero-order valence-electron chi connectivity index (χ0n) is 18.2. The van der Waals surface area contributed by atoms with Gasteiger partial charge in [-0.15, -0.1) is 0 Å². The molecule has 4 rings (SSSR count). The van der Waals surface area contributed by atoms with Gasteiger partial charge in [0.25, 0.3) is 5.91 Å². The van der Waals surface area contributed by atoms with Gasteiger partial charge in [0.15, 0.2) is 0 Å². The molecule has 0 bridgehead atoms. The van der Waals surface area contributed by atoms with Gasteiger partial charge in [-0.1, -0.05) is 41.9 Å². The standard InChI is InChI=1S/C24H23ClFN3O5/c25-17-13-16(9-10-18(17)26)29-23(33)22-19(11-12-27(22)20(30)7-4-8-21(31)32)28(24(29)34)14-15-5-2-1-3-6-15/h1-3,5-6,9-10,13,19,22H,4,7-8,11-12,14H2,(H,31,32)/t19-,22+/m1/s1. The van der Waals surface area contributed by atoms with Crippen molar-refractivity contribution in [3.05, 3.63) is 64.9 Å². The number of nitrogens with zero attached hydrogens (tertiary/aromatic N) is 3. The molecule has 2 aliphatic heterocycles. The number of hydrogen-bond donors (Lipinski definition) is 1. The summed E-state index contributed by atoms with van der Waals surface area (Å²) in [4.78, 5) is 54.7. The normalized spacial score (nSPS) is 20.0. The molecule has 2 aliphatic rings. The first-order valence-corrected chi connectivity index (χ1v) is 11.3. The molecular formula is C24H23ClFN3O5. The maximum absolute atomic E-state index is 13.8. The molecule has 0 radical (unpaired) electrons. The Morgan fingerprint density at radius 1 is 1.09 bits per heavy atom. The van der Waals surface area contributed by atoms with Crippen LogP contribution in [0.1, 0.15) is 31.2 Å². The molecule has 8 nitrogen and oxygen atoms in total. The van der Waals surface area contributed by atoms with Crippen LogP contribution in [0.25, 0.3) is 0 Å². The molecule has 2 aromatic rings. The summed E-state index contributed by atoms with van der Waals surface area (Å²) >= 11 is 5.92. The second-order valence-electron chi connectivity index (χ2n) is 8.30. The highest BCUT2D eigenvalue weighted by Gasteiger charge is 2.53. The van der Waals surface area contributed by atoms with Crippen LogP contribution in [-0.4, -0.2) is 57.3 Å². The predicted octanol–water partition coefficient (Wildman–Crippen LogP) is 3.67.